The van der Waals surface area contributed by atoms with Gasteiger partial charge in [-0.2, -0.15) is 5.10 Å². The van der Waals surface area contributed by atoms with Gasteiger partial charge in [-0.05, 0) is 65.6 Å². The maximum atomic E-state index is 13.9. The van der Waals surface area contributed by atoms with Crippen LogP contribution in [0.5, 0.6) is 0 Å². The third-order valence-electron chi connectivity index (χ3n) is 11.4. The highest BCUT2D eigenvalue weighted by atomic mass is 16.6. The maximum Gasteiger partial charge on any atom is 0.357 e. The van der Waals surface area contributed by atoms with Gasteiger partial charge < -0.3 is 25.2 Å². The summed E-state index contributed by atoms with van der Waals surface area (Å²) in [5, 5.41) is 51.5. The van der Waals surface area contributed by atoms with Crippen LogP contribution < -0.4 is 0 Å². The summed E-state index contributed by atoms with van der Waals surface area (Å²) in [6, 6.07) is 7.72. The Morgan fingerprint density at radius 3 is 2.55 bits per heavy atom. The first-order valence-electron chi connectivity index (χ1n) is 14.5. The van der Waals surface area contributed by atoms with Gasteiger partial charge in [-0.15, -0.1) is 0 Å². The Morgan fingerprint density at radius 1 is 1.18 bits per heavy atom. The third kappa shape index (κ3) is 3.39. The van der Waals surface area contributed by atoms with E-state index in [1.165, 1.54) is 4.68 Å². The lowest BCUT2D eigenvalue weighted by Gasteiger charge is -2.52. The fourth-order valence-electron chi connectivity index (χ4n) is 9.37. The van der Waals surface area contributed by atoms with E-state index in [1.54, 1.807) is 19.3 Å². The molecule has 1 heterocycles. The summed E-state index contributed by atoms with van der Waals surface area (Å²) in [6.07, 6.45) is 1.06. The summed E-state index contributed by atoms with van der Waals surface area (Å²) in [5.74, 6) is -0.927. The SMILES string of the molecule is Cc1ccccc1-c1cnn(C)c1C(=O)O[C@H]1C(C)C[C@]23C(O)[C@@H](C=C(CO)[C@@H](O)[C@]12O)[C@H]1[C@@H](C[C@H]3C)C1(C)C. The molecule has 0 saturated heterocycles. The Bertz CT molecular complexity index is 1380. The molecule has 1 spiro atoms. The van der Waals surface area contributed by atoms with Crippen LogP contribution in [-0.4, -0.2) is 66.7 Å². The van der Waals surface area contributed by atoms with Gasteiger partial charge >= 0.3 is 5.97 Å². The van der Waals surface area contributed by atoms with Gasteiger partial charge in [0.2, 0.25) is 0 Å². The number of hydrogen-bond acceptors (Lipinski definition) is 7. The molecule has 0 radical (unpaired) electrons. The first kappa shape index (κ1) is 27.6. The van der Waals surface area contributed by atoms with Crippen LogP contribution in [0.2, 0.25) is 0 Å². The highest BCUT2D eigenvalue weighted by Gasteiger charge is 2.77. The number of benzene rings is 1. The number of hydrogen-bond donors (Lipinski definition) is 4. The number of aryl methyl sites for hydroxylation is 2. The lowest BCUT2D eigenvalue weighted by molar-refractivity contribution is -0.226. The average molecular weight is 551 g/mol. The fourth-order valence-corrected chi connectivity index (χ4v) is 9.37. The Kier molecular flexibility index (Phi) is 6.21. The number of carbonyl (C=O) groups is 1. The van der Waals surface area contributed by atoms with Crippen LogP contribution >= 0.6 is 0 Å². The number of rotatable bonds is 4. The number of esters is 1. The smallest absolute Gasteiger partial charge is 0.357 e. The molecule has 0 aliphatic heterocycles. The summed E-state index contributed by atoms with van der Waals surface area (Å²) in [5.41, 5.74) is -0.0988. The molecule has 1 aromatic heterocycles. The van der Waals surface area contributed by atoms with E-state index in [2.05, 4.69) is 18.9 Å². The van der Waals surface area contributed by atoms with Crippen molar-refractivity contribution in [2.24, 2.45) is 47.5 Å². The molecule has 8 nitrogen and oxygen atoms in total. The zero-order valence-electron chi connectivity index (χ0n) is 24.2. The Morgan fingerprint density at radius 2 is 1.88 bits per heavy atom. The first-order chi connectivity index (χ1) is 18.8. The summed E-state index contributed by atoms with van der Waals surface area (Å²) in [6.45, 7) is 9.88. The van der Waals surface area contributed by atoms with Crippen LogP contribution in [0.3, 0.4) is 0 Å². The van der Waals surface area contributed by atoms with Gasteiger partial charge in [0, 0.05) is 23.9 Å². The van der Waals surface area contributed by atoms with Crippen molar-refractivity contribution < 1.29 is 30.0 Å². The van der Waals surface area contributed by atoms with Crippen LogP contribution in [0.15, 0.2) is 42.1 Å². The minimum atomic E-state index is -1.99. The number of fused-ring (bicyclic) bond motifs is 3. The molecule has 0 amide bonds. The largest absolute Gasteiger partial charge is 0.454 e. The van der Waals surface area contributed by atoms with E-state index in [0.29, 0.717) is 17.9 Å². The Labute approximate surface area is 235 Å². The molecule has 2 unspecified atom stereocenters. The Hall–Kier alpha value is -2.52. The second kappa shape index (κ2) is 8.99. The standard InChI is InChI=1S/C32H42N2O6/c1-16-9-7-8-10-20(16)22-14-33-34(6)25(22)29(38)40-28-17(2)13-31-18(3)11-23-24(30(23,4)5)21(27(31)37)12-19(15-35)26(36)32(28,31)39/h7-10,12,14,17-18,21,23-24,26-28,35-37,39H,11,13,15H2,1-6H3/t17?,18-,21+,23-,24+,26-,27?,28+,31+,32+/m1/s1. The quantitative estimate of drug-likeness (QED) is 0.340. The summed E-state index contributed by atoms with van der Waals surface area (Å²) >= 11 is 0. The van der Waals surface area contributed by atoms with E-state index < -0.39 is 41.9 Å². The number of carbonyl (C=O) groups excluding carboxylic acids is 1. The topological polar surface area (TPSA) is 125 Å². The molecule has 3 fully saturated rings. The molecule has 3 saturated carbocycles. The van der Waals surface area contributed by atoms with Crippen molar-refractivity contribution >= 4 is 5.97 Å². The molecule has 4 N–H and O–H groups in total. The minimum Gasteiger partial charge on any atom is -0.454 e. The van der Waals surface area contributed by atoms with Gasteiger partial charge in [-0.3, -0.25) is 4.68 Å². The van der Waals surface area contributed by atoms with Crippen molar-refractivity contribution in [2.75, 3.05) is 6.61 Å². The van der Waals surface area contributed by atoms with Crippen LogP contribution in [0.1, 0.15) is 56.6 Å². The van der Waals surface area contributed by atoms with Crippen LogP contribution in [0.25, 0.3) is 11.1 Å². The van der Waals surface area contributed by atoms with E-state index >= 15 is 0 Å². The highest BCUT2D eigenvalue weighted by Crippen LogP contribution is 2.73. The van der Waals surface area contributed by atoms with E-state index in [-0.39, 0.29) is 40.4 Å². The summed E-state index contributed by atoms with van der Waals surface area (Å²) < 4.78 is 7.69. The van der Waals surface area contributed by atoms with Gasteiger partial charge in [0.1, 0.15) is 17.8 Å². The Balaban J connectivity index is 1.44. The normalized spacial score (nSPS) is 41.3. The zero-order chi connectivity index (χ0) is 28.9. The van der Waals surface area contributed by atoms with Crippen molar-refractivity contribution in [3.63, 3.8) is 0 Å². The number of aliphatic hydroxyl groups is 4. The predicted molar refractivity (Wildman–Crippen MR) is 149 cm³/mol. The van der Waals surface area contributed by atoms with Crippen LogP contribution in [0, 0.1) is 47.3 Å². The molecule has 10 atom stereocenters. The van der Waals surface area contributed by atoms with Crippen molar-refractivity contribution in [1.29, 1.82) is 0 Å². The maximum absolute atomic E-state index is 13.9. The van der Waals surface area contributed by atoms with Gasteiger partial charge in [-0.1, -0.05) is 58.0 Å². The molecule has 216 valence electrons. The molecule has 40 heavy (non-hydrogen) atoms. The van der Waals surface area contributed by atoms with E-state index in [0.717, 1.165) is 17.5 Å². The van der Waals surface area contributed by atoms with Crippen molar-refractivity contribution in [2.45, 2.75) is 71.4 Å². The summed E-state index contributed by atoms with van der Waals surface area (Å²) in [7, 11) is 1.68. The zero-order valence-corrected chi connectivity index (χ0v) is 24.2. The average Bonchev–Trinajstić information content (AvgIpc) is 3.16. The van der Waals surface area contributed by atoms with Crippen molar-refractivity contribution in [3.8, 4) is 11.1 Å². The van der Waals surface area contributed by atoms with Crippen molar-refractivity contribution in [3.05, 3.63) is 53.4 Å². The second-order valence-electron chi connectivity index (χ2n) is 13.6. The monoisotopic (exact) mass is 550 g/mol. The number of nitrogens with zero attached hydrogens (tertiary/aromatic N) is 2. The molecular weight excluding hydrogens is 508 g/mol. The molecule has 4 aliphatic carbocycles. The third-order valence-corrected chi connectivity index (χ3v) is 11.4. The van der Waals surface area contributed by atoms with Gasteiger partial charge in [0.25, 0.3) is 0 Å². The molecule has 2 bridgehead atoms. The molecule has 4 aliphatic rings. The van der Waals surface area contributed by atoms with Gasteiger partial charge in [-0.25, -0.2) is 4.79 Å². The first-order valence-corrected chi connectivity index (χ1v) is 14.5. The fraction of sp³-hybridized carbons (Fsp3) is 0.625. The highest BCUT2D eigenvalue weighted by molar-refractivity contribution is 5.96. The molecule has 1 aromatic carbocycles. The van der Waals surface area contributed by atoms with Crippen LogP contribution in [-0.2, 0) is 11.8 Å². The predicted octanol–water partition coefficient (Wildman–Crippen LogP) is 3.26. The van der Waals surface area contributed by atoms with E-state index in [9.17, 15) is 25.2 Å². The van der Waals surface area contributed by atoms with E-state index in [1.807, 2.05) is 45.0 Å². The number of aromatic nitrogens is 2. The molecular formula is C32H42N2O6. The molecule has 2 aromatic rings. The lowest BCUT2D eigenvalue weighted by atomic mass is 9.58. The summed E-state index contributed by atoms with van der Waals surface area (Å²) in [4.78, 5) is 13.9. The number of ether oxygens (including phenoxy) is 1. The lowest BCUT2D eigenvalue weighted by Crippen LogP contribution is -2.66. The molecule has 8 heteroatoms. The van der Waals surface area contributed by atoms with Gasteiger partial charge in [0.15, 0.2) is 5.69 Å². The van der Waals surface area contributed by atoms with Crippen molar-refractivity contribution in [1.82, 2.24) is 9.78 Å². The van der Waals surface area contributed by atoms with Gasteiger partial charge in [0.05, 0.1) is 18.9 Å². The van der Waals surface area contributed by atoms with Crippen LogP contribution in [0.4, 0.5) is 0 Å². The minimum absolute atomic E-state index is 0.0214. The number of aliphatic hydroxyl groups excluding tert-OH is 3. The molecule has 6 rings (SSSR count). The second-order valence-corrected chi connectivity index (χ2v) is 13.6. The van der Waals surface area contributed by atoms with E-state index in [4.69, 9.17) is 4.74 Å².